The summed E-state index contributed by atoms with van der Waals surface area (Å²) in [4.78, 5) is 11.6. The number of esters is 1. The van der Waals surface area contributed by atoms with Crippen molar-refractivity contribution in [1.82, 2.24) is 0 Å². The molecule has 2 heterocycles. The smallest absolute Gasteiger partial charge is 0.308 e. The highest BCUT2D eigenvalue weighted by Gasteiger charge is 2.56. The van der Waals surface area contributed by atoms with Gasteiger partial charge in [0, 0.05) is 6.42 Å². The zero-order valence-electron chi connectivity index (χ0n) is 11.9. The Labute approximate surface area is 117 Å². The fraction of sp³-hybridized carbons (Fsp3) is 0.923. The molecule has 0 saturated carbocycles. The lowest BCUT2D eigenvalue weighted by molar-refractivity contribution is -0.272. The lowest BCUT2D eigenvalue weighted by Crippen LogP contribution is -2.58. The van der Waals surface area contributed by atoms with E-state index in [9.17, 15) is 15.0 Å². The van der Waals surface area contributed by atoms with Crippen LogP contribution < -0.4 is 0 Å². The second-order valence-electron chi connectivity index (χ2n) is 5.52. The van der Waals surface area contributed by atoms with E-state index < -0.39 is 49.1 Å². The highest BCUT2D eigenvalue weighted by Crippen LogP contribution is 2.37. The SMILES string of the molecule is CCCC(=O)O[C@H]1O[C@H](CO)[C@@H](O)[C@@H]2OC(C)(C)O[C@H]12. The molecule has 2 fully saturated rings. The van der Waals surface area contributed by atoms with Crippen LogP contribution in [0, 0.1) is 0 Å². The van der Waals surface area contributed by atoms with E-state index in [-0.39, 0.29) is 6.42 Å². The maximum absolute atomic E-state index is 11.6. The van der Waals surface area contributed by atoms with E-state index in [0.29, 0.717) is 6.42 Å². The Morgan fingerprint density at radius 1 is 1.30 bits per heavy atom. The van der Waals surface area contributed by atoms with Crippen molar-refractivity contribution >= 4 is 5.97 Å². The Kier molecular flexibility index (Phi) is 4.66. The zero-order valence-corrected chi connectivity index (χ0v) is 11.9. The second kappa shape index (κ2) is 5.95. The van der Waals surface area contributed by atoms with Crippen molar-refractivity contribution in [2.45, 2.75) is 70.1 Å². The lowest BCUT2D eigenvalue weighted by Gasteiger charge is -2.38. The average Bonchev–Trinajstić information content (AvgIpc) is 2.69. The van der Waals surface area contributed by atoms with Crippen LogP contribution in [0.25, 0.3) is 0 Å². The average molecular weight is 290 g/mol. The van der Waals surface area contributed by atoms with Crippen LogP contribution in [-0.2, 0) is 23.7 Å². The third kappa shape index (κ3) is 3.12. The first kappa shape index (κ1) is 15.7. The van der Waals surface area contributed by atoms with E-state index in [2.05, 4.69) is 0 Å². The summed E-state index contributed by atoms with van der Waals surface area (Å²) < 4.78 is 21.9. The summed E-state index contributed by atoms with van der Waals surface area (Å²) in [5.41, 5.74) is 0. The Morgan fingerprint density at radius 2 is 1.95 bits per heavy atom. The van der Waals surface area contributed by atoms with Gasteiger partial charge in [-0.15, -0.1) is 0 Å². The minimum absolute atomic E-state index is 0.272. The Hall–Kier alpha value is -0.730. The number of carbonyl (C=O) groups excluding carboxylic acids is 1. The molecule has 7 nitrogen and oxygen atoms in total. The molecule has 2 N–H and O–H groups in total. The predicted octanol–water partition coefficient (Wildman–Crippen LogP) is -0.0721. The molecular weight excluding hydrogens is 268 g/mol. The number of ether oxygens (including phenoxy) is 4. The molecule has 0 bridgehead atoms. The Morgan fingerprint density at radius 3 is 2.55 bits per heavy atom. The van der Waals surface area contributed by atoms with Gasteiger partial charge in [-0.25, -0.2) is 0 Å². The van der Waals surface area contributed by atoms with Crippen LogP contribution in [0.4, 0.5) is 0 Å². The van der Waals surface area contributed by atoms with Gasteiger partial charge in [0.2, 0.25) is 6.29 Å². The predicted molar refractivity (Wildman–Crippen MR) is 66.6 cm³/mol. The van der Waals surface area contributed by atoms with Crippen molar-refractivity contribution < 1.29 is 34.0 Å². The minimum Gasteiger partial charge on any atom is -0.433 e. The van der Waals surface area contributed by atoms with Crippen molar-refractivity contribution in [3.05, 3.63) is 0 Å². The summed E-state index contributed by atoms with van der Waals surface area (Å²) in [6.45, 7) is 4.88. The number of rotatable bonds is 4. The molecule has 2 rings (SSSR count). The molecule has 0 aliphatic carbocycles. The Balaban J connectivity index is 2.12. The maximum Gasteiger partial charge on any atom is 0.308 e. The molecule has 0 aromatic carbocycles. The molecule has 0 aromatic heterocycles. The van der Waals surface area contributed by atoms with Crippen LogP contribution in [-0.4, -0.2) is 59.3 Å². The van der Waals surface area contributed by atoms with Gasteiger partial charge in [-0.3, -0.25) is 4.79 Å². The van der Waals surface area contributed by atoms with Crippen molar-refractivity contribution in [3.63, 3.8) is 0 Å². The van der Waals surface area contributed by atoms with Crippen molar-refractivity contribution in [1.29, 1.82) is 0 Å². The van der Waals surface area contributed by atoms with Crippen LogP contribution in [0.5, 0.6) is 0 Å². The van der Waals surface area contributed by atoms with Crippen molar-refractivity contribution in [2.24, 2.45) is 0 Å². The van der Waals surface area contributed by atoms with Gasteiger partial charge < -0.3 is 29.2 Å². The third-order valence-corrected chi connectivity index (χ3v) is 3.34. The molecule has 0 aromatic rings. The fourth-order valence-corrected chi connectivity index (χ4v) is 2.47. The molecule has 20 heavy (non-hydrogen) atoms. The van der Waals surface area contributed by atoms with E-state index >= 15 is 0 Å². The quantitative estimate of drug-likeness (QED) is 0.700. The van der Waals surface area contributed by atoms with Crippen LogP contribution in [0.15, 0.2) is 0 Å². The molecule has 7 heteroatoms. The summed E-state index contributed by atoms with van der Waals surface area (Å²) in [7, 11) is 0. The first-order chi connectivity index (χ1) is 9.38. The van der Waals surface area contributed by atoms with Crippen LogP contribution in [0.3, 0.4) is 0 Å². The van der Waals surface area contributed by atoms with E-state index in [4.69, 9.17) is 18.9 Å². The Bertz CT molecular complexity index is 357. The number of aliphatic hydroxyl groups is 2. The number of carbonyl (C=O) groups is 1. The van der Waals surface area contributed by atoms with Gasteiger partial charge >= 0.3 is 5.97 Å². The molecule has 2 aliphatic heterocycles. The largest absolute Gasteiger partial charge is 0.433 e. The van der Waals surface area contributed by atoms with Crippen LogP contribution >= 0.6 is 0 Å². The summed E-state index contributed by atoms with van der Waals surface area (Å²) in [6, 6.07) is 0. The number of hydrogen-bond donors (Lipinski definition) is 2. The molecule has 116 valence electrons. The molecule has 2 aliphatic rings. The summed E-state index contributed by atoms with van der Waals surface area (Å²) in [5, 5.41) is 19.3. The van der Waals surface area contributed by atoms with Gasteiger partial charge in [0.1, 0.15) is 18.3 Å². The normalized spacial score (nSPS) is 39.4. The summed E-state index contributed by atoms with van der Waals surface area (Å²) >= 11 is 0. The minimum atomic E-state index is -1.03. The molecule has 0 spiro atoms. The topological polar surface area (TPSA) is 94.5 Å². The number of hydrogen-bond acceptors (Lipinski definition) is 7. The molecule has 5 atom stereocenters. The molecular formula is C13H22O7. The molecule has 0 amide bonds. The van der Waals surface area contributed by atoms with Gasteiger partial charge in [-0.2, -0.15) is 0 Å². The highest BCUT2D eigenvalue weighted by molar-refractivity contribution is 5.69. The van der Waals surface area contributed by atoms with Gasteiger partial charge in [-0.05, 0) is 20.3 Å². The van der Waals surface area contributed by atoms with Gasteiger partial charge in [0.15, 0.2) is 11.9 Å². The first-order valence-corrected chi connectivity index (χ1v) is 6.87. The zero-order chi connectivity index (χ0) is 14.9. The molecule has 0 radical (unpaired) electrons. The van der Waals surface area contributed by atoms with Crippen molar-refractivity contribution in [2.75, 3.05) is 6.61 Å². The maximum atomic E-state index is 11.6. The number of aliphatic hydroxyl groups excluding tert-OH is 2. The van der Waals surface area contributed by atoms with Crippen LogP contribution in [0.2, 0.25) is 0 Å². The van der Waals surface area contributed by atoms with Gasteiger partial charge in [0.05, 0.1) is 6.61 Å². The van der Waals surface area contributed by atoms with Gasteiger partial charge in [0.25, 0.3) is 0 Å². The standard InChI is InChI=1S/C13H22O7/c1-4-5-8(15)18-12-11-10(19-13(2,3)20-11)9(16)7(6-14)17-12/h7,9-12,14,16H,4-6H2,1-3H3/t7-,9-,10+,11+,12-/m1/s1. The van der Waals surface area contributed by atoms with E-state index in [1.54, 1.807) is 13.8 Å². The van der Waals surface area contributed by atoms with E-state index in [0.717, 1.165) is 0 Å². The monoisotopic (exact) mass is 290 g/mol. The third-order valence-electron chi connectivity index (χ3n) is 3.34. The van der Waals surface area contributed by atoms with Gasteiger partial charge in [-0.1, -0.05) is 6.92 Å². The van der Waals surface area contributed by atoms with E-state index in [1.807, 2.05) is 6.92 Å². The summed E-state index contributed by atoms with van der Waals surface area (Å²) in [6.07, 6.45) is -3.36. The molecule has 0 unspecified atom stereocenters. The second-order valence-corrected chi connectivity index (χ2v) is 5.52. The fourth-order valence-electron chi connectivity index (χ4n) is 2.47. The van der Waals surface area contributed by atoms with Crippen LogP contribution in [0.1, 0.15) is 33.6 Å². The first-order valence-electron chi connectivity index (χ1n) is 6.87. The highest BCUT2D eigenvalue weighted by atomic mass is 16.8. The summed E-state index contributed by atoms with van der Waals surface area (Å²) in [5.74, 6) is -1.31. The molecule has 2 saturated heterocycles. The van der Waals surface area contributed by atoms with Crippen molar-refractivity contribution in [3.8, 4) is 0 Å². The lowest BCUT2D eigenvalue weighted by atomic mass is 9.99. The van der Waals surface area contributed by atoms with E-state index in [1.165, 1.54) is 0 Å². The number of fused-ring (bicyclic) bond motifs is 1.